The number of nitrogens with one attached hydrogen (secondary N) is 1. The molecule has 8 nitrogen and oxygen atoms in total. The third-order valence-corrected chi connectivity index (χ3v) is 15.4. The second-order valence-corrected chi connectivity index (χ2v) is 19.7. The number of nitrogens with zero attached hydrogens (tertiary/aromatic N) is 2. The Hall–Kier alpha value is -5.51. The smallest absolute Gasteiger partial charge is 0.356 e. The van der Waals surface area contributed by atoms with Crippen molar-refractivity contribution < 1.29 is 23.2 Å². The molecule has 3 heterocycles. The van der Waals surface area contributed by atoms with Crippen molar-refractivity contribution in [3.63, 3.8) is 0 Å². The summed E-state index contributed by atoms with van der Waals surface area (Å²) in [5.41, 5.74) is 5.09. The van der Waals surface area contributed by atoms with Crippen molar-refractivity contribution in [2.24, 2.45) is 0 Å². The molecule has 6 aromatic rings. The molecule has 0 fully saturated rings. The molecule has 1 aliphatic rings. The van der Waals surface area contributed by atoms with Crippen LogP contribution in [-0.2, 0) is 15.7 Å². The molecule has 282 valence electrons. The number of esters is 1. The van der Waals surface area contributed by atoms with Gasteiger partial charge in [-0.2, -0.15) is 0 Å². The summed E-state index contributed by atoms with van der Waals surface area (Å²) in [5, 5.41) is 6.31. The molecule has 2 amide bonds. The first-order valence-electron chi connectivity index (χ1n) is 19.1. The maximum atomic E-state index is 14.0. The number of rotatable bonds is 11. The molecule has 0 saturated heterocycles. The lowest BCUT2D eigenvalue weighted by Crippen LogP contribution is -2.66. The third-order valence-electron chi connectivity index (χ3n) is 10.3. The van der Waals surface area contributed by atoms with Crippen LogP contribution in [0.1, 0.15) is 75.6 Å². The number of hydrogen-bond acceptors (Lipinski definition) is 6. The van der Waals surface area contributed by atoms with E-state index in [2.05, 4.69) is 74.6 Å². The lowest BCUT2D eigenvalue weighted by atomic mass is 9.94. The van der Waals surface area contributed by atoms with E-state index in [1.54, 1.807) is 13.0 Å². The Morgan fingerprint density at radius 3 is 2.16 bits per heavy atom. The fraction of sp³-hybridized carbons (Fsp3) is 0.283. The summed E-state index contributed by atoms with van der Waals surface area (Å²) in [6, 6.07) is 40.3. The monoisotopic (exact) mass is 751 g/mol. The molecule has 1 N–H and O–H groups in total. The zero-order valence-corrected chi connectivity index (χ0v) is 33.5. The lowest BCUT2D eigenvalue weighted by molar-refractivity contribution is 0.0519. The normalized spacial score (nSPS) is 14.3. The van der Waals surface area contributed by atoms with Crippen molar-refractivity contribution in [3.8, 4) is 22.6 Å². The Morgan fingerprint density at radius 2 is 1.53 bits per heavy atom. The minimum absolute atomic E-state index is 0.0709. The van der Waals surface area contributed by atoms with Crippen LogP contribution in [0.5, 0.6) is 0 Å². The molecule has 0 unspecified atom stereocenters. The molecule has 0 spiro atoms. The van der Waals surface area contributed by atoms with Gasteiger partial charge in [0.25, 0.3) is 8.32 Å². The summed E-state index contributed by atoms with van der Waals surface area (Å²) in [4.78, 5) is 34.2. The van der Waals surface area contributed by atoms with E-state index in [1.807, 2.05) is 85.5 Å². The van der Waals surface area contributed by atoms with Gasteiger partial charge in [-0.3, -0.25) is 0 Å². The highest BCUT2D eigenvalue weighted by molar-refractivity contribution is 6.99. The van der Waals surface area contributed by atoms with E-state index in [9.17, 15) is 9.59 Å². The summed E-state index contributed by atoms with van der Waals surface area (Å²) in [6.45, 7) is 13.4. The van der Waals surface area contributed by atoms with Gasteiger partial charge in [0.1, 0.15) is 17.0 Å². The van der Waals surface area contributed by atoms with E-state index >= 15 is 0 Å². The number of pyridine rings is 1. The fourth-order valence-corrected chi connectivity index (χ4v) is 12.5. The van der Waals surface area contributed by atoms with Gasteiger partial charge in [-0.1, -0.05) is 118 Å². The second-order valence-electron chi connectivity index (χ2n) is 15.4. The summed E-state index contributed by atoms with van der Waals surface area (Å²) >= 11 is 0. The van der Waals surface area contributed by atoms with Gasteiger partial charge >= 0.3 is 12.0 Å². The van der Waals surface area contributed by atoms with E-state index in [1.165, 1.54) is 10.4 Å². The largest absolute Gasteiger partial charge is 0.461 e. The Bertz CT molecular complexity index is 2230. The number of fused-ring (bicyclic) bond motifs is 2. The molecule has 55 heavy (non-hydrogen) atoms. The maximum Gasteiger partial charge on any atom is 0.356 e. The number of ether oxygens (including phenoxy) is 1. The first-order chi connectivity index (χ1) is 26.5. The Kier molecular flexibility index (Phi) is 10.8. The molecule has 9 heteroatoms. The molecular formula is C46H49N3O5Si. The molecule has 0 aliphatic carbocycles. The highest BCUT2D eigenvalue weighted by atomic mass is 28.4. The van der Waals surface area contributed by atoms with Crippen molar-refractivity contribution in [2.75, 3.05) is 13.2 Å². The van der Waals surface area contributed by atoms with Crippen LogP contribution in [0.2, 0.25) is 5.04 Å². The molecule has 1 aliphatic heterocycles. The highest BCUT2D eigenvalue weighted by Gasteiger charge is 2.50. The van der Waals surface area contributed by atoms with Crippen LogP contribution in [0.4, 0.5) is 4.79 Å². The summed E-state index contributed by atoms with van der Waals surface area (Å²) in [6.07, 6.45) is 0.514. The van der Waals surface area contributed by atoms with Crippen molar-refractivity contribution in [1.29, 1.82) is 0 Å². The van der Waals surface area contributed by atoms with Gasteiger partial charge < -0.3 is 23.8 Å². The number of furan rings is 1. The number of amides is 2. The zero-order valence-electron chi connectivity index (χ0n) is 32.5. The van der Waals surface area contributed by atoms with E-state index in [0.717, 1.165) is 39.0 Å². The van der Waals surface area contributed by atoms with Crippen molar-refractivity contribution >= 4 is 41.7 Å². The average Bonchev–Trinajstić information content (AvgIpc) is 3.78. The molecule has 0 bridgehead atoms. The first-order valence-corrected chi connectivity index (χ1v) is 21.0. The average molecular weight is 752 g/mol. The van der Waals surface area contributed by atoms with Gasteiger partial charge in [-0.05, 0) is 72.4 Å². The predicted octanol–water partition coefficient (Wildman–Crippen LogP) is 9.28. The summed E-state index contributed by atoms with van der Waals surface area (Å²) < 4.78 is 19.1. The lowest BCUT2D eigenvalue weighted by Gasteiger charge is -2.43. The van der Waals surface area contributed by atoms with Crippen molar-refractivity contribution in [3.05, 3.63) is 138 Å². The van der Waals surface area contributed by atoms with Gasteiger partial charge in [0, 0.05) is 41.3 Å². The SMILES string of the molecule is CCOC(=O)c1cc2c(c(-c3cccc(-c4cc5ccccc5o4)c3)n1)[C@@H](CCO[Si](c1ccccc1)(c1ccccc1)C(C)(C)C)N(C(=O)NC(C)C)C2. The molecule has 2 aromatic heterocycles. The molecule has 4 aromatic carbocycles. The topological polar surface area (TPSA) is 93.9 Å². The number of hydrogen-bond donors (Lipinski definition) is 1. The van der Waals surface area contributed by atoms with Crippen LogP contribution in [0.15, 0.2) is 126 Å². The maximum absolute atomic E-state index is 14.0. The minimum atomic E-state index is -2.86. The first kappa shape index (κ1) is 37.8. The fourth-order valence-electron chi connectivity index (χ4n) is 7.96. The second kappa shape index (κ2) is 15.7. The number of carbonyl (C=O) groups excluding carboxylic acids is 2. The quantitative estimate of drug-likeness (QED) is 0.105. The third kappa shape index (κ3) is 7.46. The van der Waals surface area contributed by atoms with Crippen LogP contribution >= 0.6 is 0 Å². The van der Waals surface area contributed by atoms with Crippen LogP contribution in [0.25, 0.3) is 33.6 Å². The summed E-state index contributed by atoms with van der Waals surface area (Å²) in [5.74, 6) is 0.228. The zero-order chi connectivity index (χ0) is 38.7. The number of urea groups is 1. The Balaban J connectivity index is 1.34. The molecule has 0 radical (unpaired) electrons. The van der Waals surface area contributed by atoms with Crippen molar-refractivity contribution in [2.45, 2.75) is 71.6 Å². The standard InChI is InChI=1S/C46H49N3O5Si/c1-7-52-44(50)38-28-35-30-49(45(51)47-31(2)3)39(25-26-53-55(46(4,5)6,36-20-10-8-11-21-36)37-22-12-9-13-23-37)42(35)43(48-38)34-19-16-18-32(27-34)41-29-33-17-14-15-24-40(33)54-41/h8-24,27-29,31,39H,7,25-26,30H2,1-6H3,(H,47,51)/t39-/m1/s1. The molecular weight excluding hydrogens is 703 g/mol. The van der Waals surface area contributed by atoms with E-state index < -0.39 is 14.3 Å². The van der Waals surface area contributed by atoms with Gasteiger partial charge in [0.15, 0.2) is 0 Å². The van der Waals surface area contributed by atoms with Crippen LogP contribution in [0.3, 0.4) is 0 Å². The van der Waals surface area contributed by atoms with Crippen molar-refractivity contribution in [1.82, 2.24) is 15.2 Å². The van der Waals surface area contributed by atoms with Crippen LogP contribution in [-0.4, -0.2) is 49.5 Å². The van der Waals surface area contributed by atoms with Gasteiger partial charge in [0.2, 0.25) is 0 Å². The molecule has 7 rings (SSSR count). The number of carbonyl (C=O) groups is 2. The molecule has 1 atom stereocenters. The van der Waals surface area contributed by atoms with Gasteiger partial charge in [-0.25, -0.2) is 14.6 Å². The number of para-hydroxylation sites is 1. The Labute approximate surface area is 324 Å². The van der Waals surface area contributed by atoms with Gasteiger partial charge in [0.05, 0.1) is 18.3 Å². The van der Waals surface area contributed by atoms with E-state index in [4.69, 9.17) is 18.6 Å². The summed E-state index contributed by atoms with van der Waals surface area (Å²) in [7, 11) is -2.86. The van der Waals surface area contributed by atoms with E-state index in [0.29, 0.717) is 25.3 Å². The van der Waals surface area contributed by atoms with Crippen LogP contribution < -0.4 is 15.7 Å². The highest BCUT2D eigenvalue weighted by Crippen LogP contribution is 2.44. The molecule has 0 saturated carbocycles. The predicted molar refractivity (Wildman–Crippen MR) is 221 cm³/mol. The number of aromatic nitrogens is 1. The van der Waals surface area contributed by atoms with Gasteiger partial charge in [-0.15, -0.1) is 0 Å². The minimum Gasteiger partial charge on any atom is -0.461 e. The Morgan fingerprint density at radius 1 is 0.873 bits per heavy atom. The number of benzene rings is 4. The van der Waals surface area contributed by atoms with E-state index in [-0.39, 0.29) is 35.5 Å². The van der Waals surface area contributed by atoms with Crippen LogP contribution in [0, 0.1) is 0 Å².